The topological polar surface area (TPSA) is 43.8 Å². The number of carboxylic acids is 1. The van der Waals surface area contributed by atoms with E-state index in [-0.39, 0.29) is 6.04 Å². The van der Waals surface area contributed by atoms with Gasteiger partial charge in [0.05, 0.1) is 0 Å². The molecule has 4 heteroatoms. The fourth-order valence-corrected chi connectivity index (χ4v) is 3.42. The predicted octanol–water partition coefficient (Wildman–Crippen LogP) is 1.99. The van der Waals surface area contributed by atoms with Gasteiger partial charge in [0.2, 0.25) is 0 Å². The van der Waals surface area contributed by atoms with Gasteiger partial charge in [-0.05, 0) is 50.5 Å². The number of hydrogen-bond donors (Lipinski definition) is 1. The quantitative estimate of drug-likeness (QED) is 0.892. The van der Waals surface area contributed by atoms with Crippen molar-refractivity contribution in [3.8, 4) is 0 Å². The number of fused-ring (bicyclic) bond motifs is 1. The van der Waals surface area contributed by atoms with Crippen molar-refractivity contribution >= 4 is 11.7 Å². The smallest absolute Gasteiger partial charge is 0.326 e. The summed E-state index contributed by atoms with van der Waals surface area (Å²) in [4.78, 5) is 16.0. The summed E-state index contributed by atoms with van der Waals surface area (Å²) in [5.41, 5.74) is 2.28. The van der Waals surface area contributed by atoms with Crippen molar-refractivity contribution in [1.82, 2.24) is 4.90 Å². The zero-order valence-electron chi connectivity index (χ0n) is 11.8. The maximum Gasteiger partial charge on any atom is 0.326 e. The van der Waals surface area contributed by atoms with Gasteiger partial charge in [-0.1, -0.05) is 18.2 Å². The van der Waals surface area contributed by atoms with E-state index < -0.39 is 5.97 Å². The van der Waals surface area contributed by atoms with Crippen molar-refractivity contribution in [2.75, 3.05) is 31.1 Å². The zero-order chi connectivity index (χ0) is 13.9. The van der Waals surface area contributed by atoms with Crippen molar-refractivity contribution in [3.63, 3.8) is 0 Å². The van der Waals surface area contributed by atoms with E-state index >= 15 is 0 Å². The summed E-state index contributed by atoms with van der Waals surface area (Å²) < 4.78 is 0. The van der Waals surface area contributed by atoms with E-state index in [9.17, 15) is 9.90 Å². The van der Waals surface area contributed by atoms with Gasteiger partial charge in [-0.3, -0.25) is 0 Å². The highest BCUT2D eigenvalue weighted by atomic mass is 16.4. The highest BCUT2D eigenvalue weighted by Crippen LogP contribution is 2.32. The molecule has 1 aromatic carbocycles. The van der Waals surface area contributed by atoms with Crippen LogP contribution in [0, 0.1) is 0 Å². The molecule has 0 amide bonds. The number of rotatable bonds is 5. The van der Waals surface area contributed by atoms with Gasteiger partial charge in [0.1, 0.15) is 6.04 Å². The summed E-state index contributed by atoms with van der Waals surface area (Å²) in [6.07, 6.45) is 4.29. The third kappa shape index (κ3) is 2.66. The maximum absolute atomic E-state index is 11.4. The molecule has 4 nitrogen and oxygen atoms in total. The van der Waals surface area contributed by atoms with E-state index in [4.69, 9.17) is 0 Å². The van der Waals surface area contributed by atoms with Crippen molar-refractivity contribution < 1.29 is 9.90 Å². The van der Waals surface area contributed by atoms with Gasteiger partial charge in [0.15, 0.2) is 0 Å². The van der Waals surface area contributed by atoms with Crippen molar-refractivity contribution in [3.05, 3.63) is 29.8 Å². The first kappa shape index (κ1) is 13.4. The van der Waals surface area contributed by atoms with E-state index in [1.165, 1.54) is 31.5 Å². The molecule has 0 spiro atoms. The van der Waals surface area contributed by atoms with Crippen LogP contribution in [0.4, 0.5) is 5.69 Å². The SMILES string of the molecule is O=C(O)C1Cc2ccccc2N1CCCN1CCCC1. The fraction of sp³-hybridized carbons (Fsp3) is 0.562. The van der Waals surface area contributed by atoms with Gasteiger partial charge >= 0.3 is 5.97 Å². The molecule has 0 aromatic heterocycles. The van der Waals surface area contributed by atoms with Gasteiger partial charge in [0.25, 0.3) is 0 Å². The molecule has 2 heterocycles. The Hall–Kier alpha value is -1.55. The first-order valence-corrected chi connectivity index (χ1v) is 7.55. The lowest BCUT2D eigenvalue weighted by molar-refractivity contribution is -0.138. The zero-order valence-corrected chi connectivity index (χ0v) is 11.8. The van der Waals surface area contributed by atoms with Gasteiger partial charge < -0.3 is 14.9 Å². The molecule has 0 aliphatic carbocycles. The third-order valence-corrected chi connectivity index (χ3v) is 4.45. The van der Waals surface area contributed by atoms with Crippen LogP contribution < -0.4 is 4.90 Å². The van der Waals surface area contributed by atoms with E-state index in [0.29, 0.717) is 6.42 Å². The van der Waals surface area contributed by atoms with Crippen molar-refractivity contribution in [2.24, 2.45) is 0 Å². The summed E-state index contributed by atoms with van der Waals surface area (Å²) >= 11 is 0. The van der Waals surface area contributed by atoms with Crippen LogP contribution in [-0.4, -0.2) is 48.2 Å². The minimum absolute atomic E-state index is 0.383. The molecule has 2 aliphatic heterocycles. The summed E-state index contributed by atoms with van der Waals surface area (Å²) in [6.45, 7) is 4.34. The molecule has 0 bridgehead atoms. The van der Waals surface area contributed by atoms with Crippen LogP contribution in [0.5, 0.6) is 0 Å². The average molecular weight is 274 g/mol. The van der Waals surface area contributed by atoms with Gasteiger partial charge in [-0.2, -0.15) is 0 Å². The van der Waals surface area contributed by atoms with Crippen LogP contribution in [0.2, 0.25) is 0 Å². The molecule has 2 aliphatic rings. The first-order chi connectivity index (χ1) is 9.75. The second kappa shape index (κ2) is 5.83. The molecule has 1 N–H and O–H groups in total. The Labute approximate surface area is 120 Å². The molecule has 0 radical (unpaired) electrons. The molecule has 108 valence electrons. The number of aliphatic carboxylic acids is 1. The Bertz CT molecular complexity index is 483. The number of hydrogen-bond acceptors (Lipinski definition) is 3. The largest absolute Gasteiger partial charge is 0.480 e. The minimum Gasteiger partial charge on any atom is -0.480 e. The van der Waals surface area contributed by atoms with E-state index in [1.54, 1.807) is 0 Å². The normalized spacial score (nSPS) is 22.2. The number of carboxylic acid groups (broad SMARTS) is 1. The highest BCUT2D eigenvalue weighted by Gasteiger charge is 2.33. The second-order valence-corrected chi connectivity index (χ2v) is 5.78. The first-order valence-electron chi connectivity index (χ1n) is 7.55. The molecule has 3 rings (SSSR count). The van der Waals surface area contributed by atoms with Crippen LogP contribution in [0.1, 0.15) is 24.8 Å². The van der Waals surface area contributed by atoms with Gasteiger partial charge in [0, 0.05) is 18.7 Å². The Kier molecular flexibility index (Phi) is 3.92. The lowest BCUT2D eigenvalue weighted by atomic mass is 10.1. The van der Waals surface area contributed by atoms with Crippen LogP contribution in [0.25, 0.3) is 0 Å². The third-order valence-electron chi connectivity index (χ3n) is 4.45. The number of para-hydroxylation sites is 1. The Morgan fingerprint density at radius 2 is 1.95 bits per heavy atom. The van der Waals surface area contributed by atoms with Crippen molar-refractivity contribution in [2.45, 2.75) is 31.7 Å². The lowest BCUT2D eigenvalue weighted by Crippen LogP contribution is -2.40. The lowest BCUT2D eigenvalue weighted by Gasteiger charge is -2.26. The standard InChI is InChI=1S/C16H22N2O2/c19-16(20)15-12-13-6-1-2-7-14(13)18(15)11-5-10-17-8-3-4-9-17/h1-2,6-7,15H,3-5,8-12H2,(H,19,20). The van der Waals surface area contributed by atoms with Crippen LogP contribution in [-0.2, 0) is 11.2 Å². The summed E-state index contributed by atoms with van der Waals surface area (Å²) in [6, 6.07) is 7.70. The predicted molar refractivity (Wildman–Crippen MR) is 79.2 cm³/mol. The monoisotopic (exact) mass is 274 g/mol. The summed E-state index contributed by atoms with van der Waals surface area (Å²) in [7, 11) is 0. The molecule has 1 fully saturated rings. The van der Waals surface area contributed by atoms with Gasteiger partial charge in [-0.25, -0.2) is 4.79 Å². The number of anilines is 1. The molecule has 1 unspecified atom stereocenters. The number of likely N-dealkylation sites (tertiary alicyclic amines) is 1. The molecular weight excluding hydrogens is 252 g/mol. The summed E-state index contributed by atoms with van der Waals surface area (Å²) in [5.74, 6) is -0.706. The fourth-order valence-electron chi connectivity index (χ4n) is 3.42. The van der Waals surface area contributed by atoms with Gasteiger partial charge in [-0.15, -0.1) is 0 Å². The van der Waals surface area contributed by atoms with Crippen molar-refractivity contribution in [1.29, 1.82) is 0 Å². The van der Waals surface area contributed by atoms with Crippen LogP contribution in [0.15, 0.2) is 24.3 Å². The van der Waals surface area contributed by atoms with E-state index in [2.05, 4.69) is 9.80 Å². The average Bonchev–Trinajstić information content (AvgIpc) is 3.07. The molecular formula is C16H22N2O2. The highest BCUT2D eigenvalue weighted by molar-refractivity contribution is 5.82. The molecule has 1 aromatic rings. The summed E-state index contributed by atoms with van der Waals surface area (Å²) in [5, 5.41) is 9.41. The number of carbonyl (C=O) groups is 1. The maximum atomic E-state index is 11.4. The Balaban J connectivity index is 1.64. The molecule has 1 saturated heterocycles. The Morgan fingerprint density at radius 3 is 2.70 bits per heavy atom. The number of nitrogens with zero attached hydrogens (tertiary/aromatic N) is 2. The van der Waals surface area contributed by atoms with E-state index in [1.807, 2.05) is 24.3 Å². The Morgan fingerprint density at radius 1 is 1.20 bits per heavy atom. The minimum atomic E-state index is -0.706. The van der Waals surface area contributed by atoms with Crippen LogP contribution >= 0.6 is 0 Å². The van der Waals surface area contributed by atoms with E-state index in [0.717, 1.165) is 25.2 Å². The number of benzene rings is 1. The molecule has 20 heavy (non-hydrogen) atoms. The molecule has 0 saturated carbocycles. The molecule has 1 atom stereocenters. The van der Waals surface area contributed by atoms with Crippen LogP contribution in [0.3, 0.4) is 0 Å². The second-order valence-electron chi connectivity index (χ2n) is 5.78.